The van der Waals surface area contributed by atoms with Crippen LogP contribution >= 0.6 is 12.4 Å². The molecule has 17 heavy (non-hydrogen) atoms. The molecule has 2 saturated carbocycles. The van der Waals surface area contributed by atoms with Gasteiger partial charge in [-0.15, -0.1) is 12.4 Å². The number of nitrogens with zero attached hydrogens (tertiary/aromatic N) is 1. The lowest BCUT2D eigenvalue weighted by molar-refractivity contribution is -0.134. The molecule has 1 saturated heterocycles. The van der Waals surface area contributed by atoms with Gasteiger partial charge in [0.25, 0.3) is 0 Å². The zero-order chi connectivity index (χ0) is 11.1. The second kappa shape index (κ2) is 5.15. The summed E-state index contributed by atoms with van der Waals surface area (Å²) >= 11 is 0. The zero-order valence-electron chi connectivity index (χ0n) is 10.3. The average Bonchev–Trinajstić information content (AvgIpc) is 2.89. The molecule has 3 nitrogen and oxygen atoms in total. The standard InChI is InChI=1S/C13H22N2O.ClH/c14-12-6-2-5-11(12)13(16)15-7-9-3-1-4-10(9)8-15;/h9-12H,1-8,14H2;1H. The first-order valence-corrected chi connectivity index (χ1v) is 6.80. The summed E-state index contributed by atoms with van der Waals surface area (Å²) in [6.45, 7) is 2.04. The Kier molecular flexibility index (Phi) is 3.99. The number of carbonyl (C=O) groups excluding carboxylic acids is 1. The van der Waals surface area contributed by atoms with Crippen molar-refractivity contribution in [2.75, 3.05) is 13.1 Å². The van der Waals surface area contributed by atoms with Crippen molar-refractivity contribution in [1.82, 2.24) is 4.90 Å². The maximum Gasteiger partial charge on any atom is 0.227 e. The Morgan fingerprint density at radius 2 is 1.59 bits per heavy atom. The van der Waals surface area contributed by atoms with E-state index in [0.717, 1.165) is 44.2 Å². The molecular formula is C13H23ClN2O. The molecule has 0 radical (unpaired) electrons. The lowest BCUT2D eigenvalue weighted by Crippen LogP contribution is -2.41. The number of carbonyl (C=O) groups is 1. The number of rotatable bonds is 1. The molecule has 3 rings (SSSR count). The van der Waals surface area contributed by atoms with Crippen molar-refractivity contribution in [2.24, 2.45) is 23.5 Å². The summed E-state index contributed by atoms with van der Waals surface area (Å²) in [5, 5.41) is 0. The Balaban J connectivity index is 0.00000108. The summed E-state index contributed by atoms with van der Waals surface area (Å²) < 4.78 is 0. The van der Waals surface area contributed by atoms with E-state index in [2.05, 4.69) is 4.90 Å². The van der Waals surface area contributed by atoms with Crippen molar-refractivity contribution >= 4 is 18.3 Å². The van der Waals surface area contributed by atoms with Gasteiger partial charge in [-0.3, -0.25) is 4.79 Å². The van der Waals surface area contributed by atoms with Crippen molar-refractivity contribution in [1.29, 1.82) is 0 Å². The molecule has 1 heterocycles. The maximum atomic E-state index is 12.3. The van der Waals surface area contributed by atoms with Crippen LogP contribution in [0.15, 0.2) is 0 Å². The second-order valence-electron chi connectivity index (χ2n) is 5.90. The monoisotopic (exact) mass is 258 g/mol. The molecule has 98 valence electrons. The third-order valence-corrected chi connectivity index (χ3v) is 4.92. The lowest BCUT2D eigenvalue weighted by atomic mass is 10.0. The van der Waals surface area contributed by atoms with Gasteiger partial charge in [-0.1, -0.05) is 12.8 Å². The highest BCUT2D eigenvalue weighted by Crippen LogP contribution is 2.39. The van der Waals surface area contributed by atoms with E-state index in [1.54, 1.807) is 0 Å². The average molecular weight is 259 g/mol. The molecule has 0 aromatic carbocycles. The second-order valence-corrected chi connectivity index (χ2v) is 5.90. The number of hydrogen-bond acceptors (Lipinski definition) is 2. The molecular weight excluding hydrogens is 236 g/mol. The summed E-state index contributed by atoms with van der Waals surface area (Å²) in [6.07, 6.45) is 7.25. The SMILES string of the molecule is Cl.NC1CCCC1C(=O)N1CC2CCCC2C1. The van der Waals surface area contributed by atoms with Gasteiger partial charge in [-0.2, -0.15) is 0 Å². The molecule has 0 bridgehead atoms. The van der Waals surface area contributed by atoms with Gasteiger partial charge < -0.3 is 10.6 Å². The Labute approximate surface area is 110 Å². The van der Waals surface area contributed by atoms with E-state index in [9.17, 15) is 4.79 Å². The smallest absolute Gasteiger partial charge is 0.227 e. The van der Waals surface area contributed by atoms with Crippen LogP contribution in [-0.2, 0) is 4.79 Å². The molecule has 0 aromatic rings. The van der Waals surface area contributed by atoms with Crippen LogP contribution in [0.4, 0.5) is 0 Å². The van der Waals surface area contributed by atoms with Gasteiger partial charge in [0.2, 0.25) is 5.91 Å². The lowest BCUT2D eigenvalue weighted by Gasteiger charge is -2.23. The van der Waals surface area contributed by atoms with Crippen molar-refractivity contribution in [2.45, 2.75) is 44.6 Å². The van der Waals surface area contributed by atoms with Crippen molar-refractivity contribution in [3.8, 4) is 0 Å². The minimum Gasteiger partial charge on any atom is -0.342 e. The van der Waals surface area contributed by atoms with Crippen LogP contribution in [0.2, 0.25) is 0 Å². The van der Waals surface area contributed by atoms with Gasteiger partial charge in [0.15, 0.2) is 0 Å². The Bertz CT molecular complexity index is 285. The third-order valence-electron chi connectivity index (χ3n) is 4.92. The number of likely N-dealkylation sites (tertiary alicyclic amines) is 1. The number of hydrogen-bond donors (Lipinski definition) is 1. The van der Waals surface area contributed by atoms with E-state index < -0.39 is 0 Å². The molecule has 1 amide bonds. The highest BCUT2D eigenvalue weighted by molar-refractivity contribution is 5.85. The Hall–Kier alpha value is -0.280. The van der Waals surface area contributed by atoms with E-state index in [1.165, 1.54) is 19.3 Å². The molecule has 2 N–H and O–H groups in total. The molecule has 1 aliphatic heterocycles. The summed E-state index contributed by atoms with van der Waals surface area (Å²) in [5.41, 5.74) is 6.02. The first kappa shape index (κ1) is 13.2. The van der Waals surface area contributed by atoms with E-state index in [4.69, 9.17) is 5.73 Å². The Morgan fingerprint density at radius 3 is 2.12 bits per heavy atom. The van der Waals surface area contributed by atoms with Crippen LogP contribution in [0.3, 0.4) is 0 Å². The minimum absolute atomic E-state index is 0. The maximum absolute atomic E-state index is 12.3. The number of fused-ring (bicyclic) bond motifs is 1. The van der Waals surface area contributed by atoms with Crippen molar-refractivity contribution in [3.63, 3.8) is 0 Å². The van der Waals surface area contributed by atoms with Crippen LogP contribution in [0.5, 0.6) is 0 Å². The van der Waals surface area contributed by atoms with Crippen molar-refractivity contribution in [3.05, 3.63) is 0 Å². The van der Waals surface area contributed by atoms with Crippen LogP contribution in [0.1, 0.15) is 38.5 Å². The number of amides is 1. The summed E-state index contributed by atoms with van der Waals surface area (Å²) in [5.74, 6) is 2.11. The topological polar surface area (TPSA) is 46.3 Å². The highest BCUT2D eigenvalue weighted by atomic mass is 35.5. The fourth-order valence-electron chi connectivity index (χ4n) is 3.94. The molecule has 4 heteroatoms. The normalized spacial score (nSPS) is 40.2. The molecule has 3 aliphatic rings. The molecule has 0 aromatic heterocycles. The number of nitrogens with two attached hydrogens (primary N) is 1. The van der Waals surface area contributed by atoms with Gasteiger partial charge in [-0.05, 0) is 37.5 Å². The fourth-order valence-corrected chi connectivity index (χ4v) is 3.94. The van der Waals surface area contributed by atoms with E-state index in [1.807, 2.05) is 0 Å². The fraction of sp³-hybridized carbons (Fsp3) is 0.923. The first-order chi connectivity index (χ1) is 7.75. The van der Waals surface area contributed by atoms with Crippen LogP contribution in [0, 0.1) is 17.8 Å². The first-order valence-electron chi connectivity index (χ1n) is 6.80. The van der Waals surface area contributed by atoms with Gasteiger partial charge in [0.05, 0.1) is 5.92 Å². The highest BCUT2D eigenvalue weighted by Gasteiger charge is 2.41. The van der Waals surface area contributed by atoms with Crippen molar-refractivity contribution < 1.29 is 4.79 Å². The minimum atomic E-state index is 0. The summed E-state index contributed by atoms with van der Waals surface area (Å²) in [7, 11) is 0. The summed E-state index contributed by atoms with van der Waals surface area (Å²) in [4.78, 5) is 14.5. The molecule has 3 fully saturated rings. The van der Waals surface area contributed by atoms with E-state index in [0.29, 0.717) is 5.91 Å². The summed E-state index contributed by atoms with van der Waals surface area (Å²) in [6, 6.07) is 0.132. The molecule has 4 unspecified atom stereocenters. The van der Waals surface area contributed by atoms with Gasteiger partial charge in [0.1, 0.15) is 0 Å². The predicted molar refractivity (Wildman–Crippen MR) is 70.0 cm³/mol. The largest absolute Gasteiger partial charge is 0.342 e. The van der Waals surface area contributed by atoms with Crippen LogP contribution < -0.4 is 5.73 Å². The molecule has 0 spiro atoms. The Morgan fingerprint density at radius 1 is 1.00 bits per heavy atom. The molecule has 2 aliphatic carbocycles. The van der Waals surface area contributed by atoms with Crippen LogP contribution in [-0.4, -0.2) is 29.9 Å². The van der Waals surface area contributed by atoms with E-state index in [-0.39, 0.29) is 24.4 Å². The van der Waals surface area contributed by atoms with E-state index >= 15 is 0 Å². The van der Waals surface area contributed by atoms with Gasteiger partial charge in [-0.25, -0.2) is 0 Å². The quantitative estimate of drug-likeness (QED) is 0.780. The van der Waals surface area contributed by atoms with Gasteiger partial charge in [0, 0.05) is 19.1 Å². The number of halogens is 1. The predicted octanol–water partition coefficient (Wildman–Crippen LogP) is 1.79. The molecule has 4 atom stereocenters. The van der Waals surface area contributed by atoms with Gasteiger partial charge >= 0.3 is 0 Å². The third kappa shape index (κ3) is 2.32. The van der Waals surface area contributed by atoms with Crippen LogP contribution in [0.25, 0.3) is 0 Å². The zero-order valence-corrected chi connectivity index (χ0v) is 11.1.